The van der Waals surface area contributed by atoms with E-state index in [1.54, 1.807) is 43.3 Å². The van der Waals surface area contributed by atoms with Gasteiger partial charge in [-0.2, -0.15) is 0 Å². The fraction of sp³-hybridized carbons (Fsp3) is 0.111. The minimum atomic E-state index is -3.67. The highest BCUT2D eigenvalue weighted by Crippen LogP contribution is 2.33. The van der Waals surface area contributed by atoms with Gasteiger partial charge in [0.05, 0.1) is 26.2 Å². The van der Waals surface area contributed by atoms with Gasteiger partial charge < -0.3 is 5.11 Å². The molecule has 0 amide bonds. The van der Waals surface area contributed by atoms with Crippen LogP contribution in [0.15, 0.2) is 53.6 Å². The van der Waals surface area contributed by atoms with Crippen molar-refractivity contribution in [3.05, 3.63) is 69.7 Å². The minimum absolute atomic E-state index is 0.00564. The van der Waals surface area contributed by atoms with Gasteiger partial charge in [-0.05, 0) is 42.3 Å². The van der Waals surface area contributed by atoms with Gasteiger partial charge in [0.25, 0.3) is 0 Å². The first-order valence-electron chi connectivity index (χ1n) is 7.54. The molecule has 2 aromatic heterocycles. The third-order valence-electron chi connectivity index (χ3n) is 3.76. The maximum absolute atomic E-state index is 12.8. The maximum Gasteiger partial charge on any atom is 0.346 e. The molecule has 134 valence electrons. The fourth-order valence-corrected chi connectivity index (χ4v) is 5.39. The molecular formula is C18H14ClNO4S2. The van der Waals surface area contributed by atoms with Crippen molar-refractivity contribution in [3.8, 4) is 10.6 Å². The summed E-state index contributed by atoms with van der Waals surface area (Å²) in [4.78, 5) is 16.5. The van der Waals surface area contributed by atoms with Gasteiger partial charge in [-0.15, -0.1) is 11.3 Å². The number of sulfone groups is 1. The normalized spacial score (nSPS) is 11.5. The molecule has 1 N–H and O–H groups in total. The van der Waals surface area contributed by atoms with Gasteiger partial charge in [-0.1, -0.05) is 29.8 Å². The van der Waals surface area contributed by atoms with E-state index in [1.165, 1.54) is 12.3 Å². The van der Waals surface area contributed by atoms with Crippen molar-refractivity contribution < 1.29 is 18.3 Å². The van der Waals surface area contributed by atoms with E-state index in [1.807, 2.05) is 0 Å². The van der Waals surface area contributed by atoms with Gasteiger partial charge in [-0.25, -0.2) is 13.2 Å². The molecule has 0 bridgehead atoms. The number of aromatic nitrogens is 1. The molecule has 0 unspecified atom stereocenters. The second kappa shape index (κ2) is 7.19. The van der Waals surface area contributed by atoms with Gasteiger partial charge >= 0.3 is 5.97 Å². The first-order chi connectivity index (χ1) is 12.3. The summed E-state index contributed by atoms with van der Waals surface area (Å²) in [6.07, 6.45) is 1.46. The Hall–Kier alpha value is -2.22. The zero-order valence-corrected chi connectivity index (χ0v) is 16.0. The van der Waals surface area contributed by atoms with Crippen LogP contribution in [-0.2, 0) is 15.6 Å². The number of thiophene rings is 1. The molecule has 0 spiro atoms. The van der Waals surface area contributed by atoms with Crippen LogP contribution in [0, 0.1) is 6.92 Å². The van der Waals surface area contributed by atoms with Crippen LogP contribution in [0.25, 0.3) is 10.6 Å². The second-order valence-corrected chi connectivity index (χ2v) is 9.10. The molecule has 3 aromatic rings. The number of halogens is 1. The lowest BCUT2D eigenvalue weighted by atomic mass is 10.2. The van der Waals surface area contributed by atoms with Crippen molar-refractivity contribution in [2.45, 2.75) is 17.6 Å². The van der Waals surface area contributed by atoms with Crippen molar-refractivity contribution >= 4 is 38.7 Å². The number of carboxylic acid groups (broad SMARTS) is 1. The Labute approximate surface area is 159 Å². The molecule has 0 aliphatic heterocycles. The quantitative estimate of drug-likeness (QED) is 0.675. The van der Waals surface area contributed by atoms with Crippen molar-refractivity contribution in [3.63, 3.8) is 0 Å². The highest BCUT2D eigenvalue weighted by Gasteiger charge is 2.24. The van der Waals surface area contributed by atoms with E-state index in [0.717, 1.165) is 11.3 Å². The summed E-state index contributed by atoms with van der Waals surface area (Å²) in [6.45, 7) is 1.71. The lowest BCUT2D eigenvalue weighted by molar-refractivity contribution is 0.0701. The Kier molecular flexibility index (Phi) is 5.13. The summed E-state index contributed by atoms with van der Waals surface area (Å²) < 4.78 is 25.5. The molecule has 0 aliphatic rings. The molecule has 0 fully saturated rings. The molecule has 0 saturated heterocycles. The highest BCUT2D eigenvalue weighted by molar-refractivity contribution is 7.90. The first-order valence-corrected chi connectivity index (χ1v) is 10.4. The predicted molar refractivity (Wildman–Crippen MR) is 102 cm³/mol. The number of pyridine rings is 1. The second-order valence-electron chi connectivity index (χ2n) is 5.66. The van der Waals surface area contributed by atoms with E-state index < -0.39 is 15.8 Å². The molecule has 0 atom stereocenters. The van der Waals surface area contributed by atoms with Crippen LogP contribution < -0.4 is 0 Å². The van der Waals surface area contributed by atoms with Crippen LogP contribution in [0.4, 0.5) is 0 Å². The van der Waals surface area contributed by atoms with E-state index in [4.69, 9.17) is 11.6 Å². The van der Waals surface area contributed by atoms with Gasteiger partial charge in [0, 0.05) is 6.20 Å². The Morgan fingerprint density at radius 3 is 2.58 bits per heavy atom. The third kappa shape index (κ3) is 3.80. The number of hydrogen-bond acceptors (Lipinski definition) is 5. The zero-order chi connectivity index (χ0) is 18.9. The van der Waals surface area contributed by atoms with Gasteiger partial charge in [0.2, 0.25) is 0 Å². The standard InChI is InChI=1S/C18H14ClNO4S2/c1-11-4-2-3-5-16(11)26(23,24)10-12-8-15(25-17(12)18(21)22)14-7-6-13(19)9-20-14/h2-9H,10H2,1H3,(H,21,22). The number of aromatic carboxylic acids is 1. The molecule has 0 aliphatic carbocycles. The van der Waals surface area contributed by atoms with Crippen molar-refractivity contribution in [2.75, 3.05) is 0 Å². The molecule has 1 aromatic carbocycles. The Bertz CT molecular complexity index is 1070. The lowest BCUT2D eigenvalue weighted by Gasteiger charge is -2.07. The number of rotatable bonds is 5. The van der Waals surface area contributed by atoms with Crippen LogP contribution in [0.1, 0.15) is 20.8 Å². The van der Waals surface area contributed by atoms with Gasteiger partial charge in [-0.3, -0.25) is 4.98 Å². The Morgan fingerprint density at radius 2 is 1.96 bits per heavy atom. The van der Waals surface area contributed by atoms with E-state index in [-0.39, 0.29) is 21.1 Å². The Balaban J connectivity index is 2.03. The van der Waals surface area contributed by atoms with Crippen LogP contribution in [0.3, 0.4) is 0 Å². The van der Waals surface area contributed by atoms with E-state index in [0.29, 0.717) is 21.2 Å². The molecule has 8 heteroatoms. The number of aryl methyl sites for hydroxylation is 1. The summed E-state index contributed by atoms with van der Waals surface area (Å²) in [5.74, 6) is -1.55. The minimum Gasteiger partial charge on any atom is -0.477 e. The smallest absolute Gasteiger partial charge is 0.346 e. The fourth-order valence-electron chi connectivity index (χ4n) is 2.55. The molecular weight excluding hydrogens is 394 g/mol. The zero-order valence-electron chi connectivity index (χ0n) is 13.6. The van der Waals surface area contributed by atoms with Gasteiger partial charge in [0.15, 0.2) is 9.84 Å². The van der Waals surface area contributed by atoms with Crippen molar-refractivity contribution in [1.82, 2.24) is 4.98 Å². The number of hydrogen-bond donors (Lipinski definition) is 1. The molecule has 26 heavy (non-hydrogen) atoms. The van der Waals surface area contributed by atoms with Crippen LogP contribution >= 0.6 is 22.9 Å². The largest absolute Gasteiger partial charge is 0.477 e. The van der Waals surface area contributed by atoms with Crippen LogP contribution in [0.5, 0.6) is 0 Å². The third-order valence-corrected chi connectivity index (χ3v) is 6.99. The number of carboxylic acids is 1. The van der Waals surface area contributed by atoms with E-state index in [2.05, 4.69) is 4.98 Å². The first kappa shape index (κ1) is 18.6. The maximum atomic E-state index is 12.8. The van der Waals surface area contributed by atoms with Crippen LogP contribution in [-0.4, -0.2) is 24.5 Å². The number of carbonyl (C=O) groups is 1. The highest BCUT2D eigenvalue weighted by atomic mass is 35.5. The van der Waals surface area contributed by atoms with Crippen molar-refractivity contribution in [1.29, 1.82) is 0 Å². The number of nitrogens with zero attached hydrogens (tertiary/aromatic N) is 1. The average molecular weight is 408 g/mol. The summed E-state index contributed by atoms with van der Waals surface area (Å²) in [5, 5.41) is 9.93. The summed E-state index contributed by atoms with van der Waals surface area (Å²) in [6, 6.07) is 11.5. The summed E-state index contributed by atoms with van der Waals surface area (Å²) in [7, 11) is -3.67. The molecule has 3 rings (SSSR count). The van der Waals surface area contributed by atoms with Crippen LogP contribution in [0.2, 0.25) is 5.02 Å². The monoisotopic (exact) mass is 407 g/mol. The Morgan fingerprint density at radius 1 is 1.23 bits per heavy atom. The lowest BCUT2D eigenvalue weighted by Crippen LogP contribution is -2.08. The topological polar surface area (TPSA) is 84.3 Å². The van der Waals surface area contributed by atoms with E-state index in [9.17, 15) is 18.3 Å². The summed E-state index contributed by atoms with van der Waals surface area (Å²) >= 11 is 6.82. The van der Waals surface area contributed by atoms with Crippen molar-refractivity contribution in [2.24, 2.45) is 0 Å². The predicted octanol–water partition coefficient (Wildman–Crippen LogP) is 4.44. The van der Waals surface area contributed by atoms with E-state index >= 15 is 0 Å². The molecule has 5 nitrogen and oxygen atoms in total. The van der Waals surface area contributed by atoms with Gasteiger partial charge in [0.1, 0.15) is 4.88 Å². The molecule has 0 saturated carbocycles. The SMILES string of the molecule is Cc1ccccc1S(=O)(=O)Cc1cc(-c2ccc(Cl)cn2)sc1C(=O)O. The summed E-state index contributed by atoms with van der Waals surface area (Å²) in [5.41, 5.74) is 1.41. The molecule has 0 radical (unpaired) electrons. The number of benzene rings is 1. The average Bonchev–Trinajstić information content (AvgIpc) is 2.99. The molecule has 2 heterocycles.